The Hall–Kier alpha value is -2.69. The monoisotopic (exact) mass is 349 g/mol. The van der Waals surface area contributed by atoms with Crippen molar-refractivity contribution in [2.24, 2.45) is 5.92 Å². The second-order valence-corrected chi connectivity index (χ2v) is 7.15. The number of amides is 1. The van der Waals surface area contributed by atoms with E-state index in [1.54, 1.807) is 13.0 Å². The molecule has 1 aliphatic heterocycles. The first-order chi connectivity index (χ1) is 12.7. The van der Waals surface area contributed by atoms with Crippen molar-refractivity contribution >= 4 is 16.8 Å². The Labute approximate surface area is 153 Å². The van der Waals surface area contributed by atoms with E-state index in [-0.39, 0.29) is 5.91 Å². The van der Waals surface area contributed by atoms with Crippen LogP contribution in [0.3, 0.4) is 0 Å². The van der Waals surface area contributed by atoms with Crippen molar-refractivity contribution < 1.29 is 9.32 Å². The number of hydrogen-bond acceptors (Lipinski definition) is 4. The van der Waals surface area contributed by atoms with Gasteiger partial charge in [0, 0.05) is 30.7 Å². The summed E-state index contributed by atoms with van der Waals surface area (Å²) < 4.78 is 5.04. The molecule has 4 rings (SSSR count). The summed E-state index contributed by atoms with van der Waals surface area (Å²) in [6, 6.07) is 12.3. The van der Waals surface area contributed by atoms with Gasteiger partial charge in [-0.05, 0) is 62.3 Å². The molecule has 5 nitrogen and oxygen atoms in total. The van der Waals surface area contributed by atoms with Crippen molar-refractivity contribution in [2.45, 2.75) is 32.6 Å². The zero-order chi connectivity index (χ0) is 17.9. The van der Waals surface area contributed by atoms with Gasteiger partial charge in [-0.3, -0.25) is 9.78 Å². The number of fused-ring (bicyclic) bond motifs is 1. The smallest absolute Gasteiger partial charge is 0.276 e. The molecular formula is C21H23N3O2. The summed E-state index contributed by atoms with van der Waals surface area (Å²) in [7, 11) is 0. The molecule has 1 aliphatic rings. The third-order valence-electron chi connectivity index (χ3n) is 5.17. The van der Waals surface area contributed by atoms with E-state index in [0.29, 0.717) is 17.4 Å². The maximum absolute atomic E-state index is 12.6. The Bertz CT molecular complexity index is 918. The Morgan fingerprint density at radius 1 is 1.23 bits per heavy atom. The molecule has 0 spiro atoms. The van der Waals surface area contributed by atoms with Crippen LogP contribution >= 0.6 is 0 Å². The molecule has 1 atom stereocenters. The van der Waals surface area contributed by atoms with Gasteiger partial charge in [-0.1, -0.05) is 17.3 Å². The molecular weight excluding hydrogens is 326 g/mol. The summed E-state index contributed by atoms with van der Waals surface area (Å²) in [4.78, 5) is 18.9. The summed E-state index contributed by atoms with van der Waals surface area (Å²) in [5.41, 5.74) is 2.81. The number of hydrogen-bond donors (Lipinski definition) is 0. The third kappa shape index (κ3) is 3.62. The summed E-state index contributed by atoms with van der Waals surface area (Å²) in [5.74, 6) is 1.26. The first-order valence-electron chi connectivity index (χ1n) is 9.25. The number of rotatable bonds is 3. The summed E-state index contributed by atoms with van der Waals surface area (Å²) in [6.07, 6.45) is 6.08. The minimum absolute atomic E-state index is 0.0146. The number of likely N-dealkylation sites (tertiary alicyclic amines) is 1. The van der Waals surface area contributed by atoms with Gasteiger partial charge in [0.1, 0.15) is 5.76 Å². The molecule has 1 amide bonds. The Morgan fingerprint density at radius 3 is 3.00 bits per heavy atom. The maximum atomic E-state index is 12.6. The lowest BCUT2D eigenvalue weighted by Crippen LogP contribution is -2.32. The number of aryl methyl sites for hydroxylation is 1. The zero-order valence-electron chi connectivity index (χ0n) is 15.0. The Kier molecular flexibility index (Phi) is 4.69. The predicted octanol–water partition coefficient (Wildman–Crippen LogP) is 4.02. The third-order valence-corrected chi connectivity index (χ3v) is 5.17. The maximum Gasteiger partial charge on any atom is 0.276 e. The van der Waals surface area contributed by atoms with Gasteiger partial charge in [-0.15, -0.1) is 0 Å². The fraction of sp³-hybridized carbons (Fsp3) is 0.381. The highest BCUT2D eigenvalue weighted by Crippen LogP contribution is 2.24. The molecule has 0 aliphatic carbocycles. The fourth-order valence-corrected chi connectivity index (χ4v) is 3.79. The first kappa shape index (κ1) is 16.8. The Balaban J connectivity index is 1.40. The molecule has 3 aromatic rings. The van der Waals surface area contributed by atoms with Gasteiger partial charge in [0.2, 0.25) is 0 Å². The minimum atomic E-state index is -0.0146. The summed E-state index contributed by atoms with van der Waals surface area (Å²) in [6.45, 7) is 3.38. The molecule has 0 N–H and O–H groups in total. The lowest BCUT2D eigenvalue weighted by atomic mass is 9.92. The van der Waals surface area contributed by atoms with Crippen molar-refractivity contribution in [1.29, 1.82) is 0 Å². The number of carbonyl (C=O) groups is 1. The predicted molar refractivity (Wildman–Crippen MR) is 99.9 cm³/mol. The molecule has 134 valence electrons. The normalized spacial score (nSPS) is 18.0. The quantitative estimate of drug-likeness (QED) is 0.717. The number of aromatic nitrogens is 2. The average molecular weight is 349 g/mol. The SMILES string of the molecule is Cc1cc(C(=O)N2CCC[C@H](Cc3ccc4ncccc4c3)CC2)no1. The molecule has 26 heavy (non-hydrogen) atoms. The molecule has 0 saturated carbocycles. The van der Waals surface area contributed by atoms with E-state index in [4.69, 9.17) is 4.52 Å². The van der Waals surface area contributed by atoms with Crippen LogP contribution < -0.4 is 0 Å². The molecule has 0 radical (unpaired) electrons. The van der Waals surface area contributed by atoms with Gasteiger partial charge < -0.3 is 9.42 Å². The van der Waals surface area contributed by atoms with Crippen molar-refractivity contribution in [3.63, 3.8) is 0 Å². The first-order valence-corrected chi connectivity index (χ1v) is 9.25. The van der Waals surface area contributed by atoms with E-state index in [9.17, 15) is 4.79 Å². The second-order valence-electron chi connectivity index (χ2n) is 7.15. The van der Waals surface area contributed by atoms with E-state index in [0.717, 1.165) is 44.3 Å². The largest absolute Gasteiger partial charge is 0.361 e. The van der Waals surface area contributed by atoms with Crippen molar-refractivity contribution in [2.75, 3.05) is 13.1 Å². The molecule has 3 heterocycles. The van der Waals surface area contributed by atoms with Crippen LogP contribution in [0.1, 0.15) is 41.1 Å². The van der Waals surface area contributed by atoms with Crippen LogP contribution in [0.4, 0.5) is 0 Å². The number of pyridine rings is 1. The van der Waals surface area contributed by atoms with E-state index in [2.05, 4.69) is 34.4 Å². The highest BCUT2D eigenvalue weighted by molar-refractivity contribution is 5.92. The van der Waals surface area contributed by atoms with Crippen molar-refractivity contribution in [3.8, 4) is 0 Å². The molecule has 2 aromatic heterocycles. The van der Waals surface area contributed by atoms with Gasteiger partial charge in [0.25, 0.3) is 5.91 Å². The van der Waals surface area contributed by atoms with Crippen LogP contribution in [0.2, 0.25) is 0 Å². The van der Waals surface area contributed by atoms with E-state index >= 15 is 0 Å². The summed E-state index contributed by atoms with van der Waals surface area (Å²) >= 11 is 0. The number of nitrogens with zero attached hydrogens (tertiary/aromatic N) is 3. The molecule has 5 heteroatoms. The standard InChI is InChI=1S/C21H23N3O2/c1-15-12-20(23-26-15)21(25)24-10-3-4-16(8-11-24)13-17-6-7-19-18(14-17)5-2-9-22-19/h2,5-7,9,12,14,16H,3-4,8,10-11,13H2,1H3/t16-/m0/s1. The van der Waals surface area contributed by atoms with Crippen molar-refractivity contribution in [3.05, 3.63) is 59.6 Å². The van der Waals surface area contributed by atoms with E-state index in [1.165, 1.54) is 10.9 Å². The van der Waals surface area contributed by atoms with Crippen LogP contribution in [0, 0.1) is 12.8 Å². The van der Waals surface area contributed by atoms with E-state index in [1.807, 2.05) is 17.2 Å². The fourth-order valence-electron chi connectivity index (χ4n) is 3.79. The highest BCUT2D eigenvalue weighted by Gasteiger charge is 2.23. The molecule has 1 fully saturated rings. The molecule has 1 saturated heterocycles. The number of benzene rings is 1. The molecule has 0 unspecified atom stereocenters. The highest BCUT2D eigenvalue weighted by atomic mass is 16.5. The van der Waals surface area contributed by atoms with Crippen LogP contribution in [0.15, 0.2) is 47.1 Å². The van der Waals surface area contributed by atoms with Gasteiger partial charge >= 0.3 is 0 Å². The number of carbonyl (C=O) groups excluding carboxylic acids is 1. The lowest BCUT2D eigenvalue weighted by molar-refractivity contribution is 0.0749. The van der Waals surface area contributed by atoms with Gasteiger partial charge in [-0.2, -0.15) is 0 Å². The zero-order valence-corrected chi connectivity index (χ0v) is 15.0. The average Bonchev–Trinajstić information content (AvgIpc) is 2.96. The lowest BCUT2D eigenvalue weighted by Gasteiger charge is -2.19. The molecule has 0 bridgehead atoms. The topological polar surface area (TPSA) is 59.2 Å². The van der Waals surface area contributed by atoms with Crippen LogP contribution in [0.5, 0.6) is 0 Å². The van der Waals surface area contributed by atoms with Gasteiger partial charge in [-0.25, -0.2) is 0 Å². The summed E-state index contributed by atoms with van der Waals surface area (Å²) in [5, 5.41) is 5.06. The van der Waals surface area contributed by atoms with E-state index < -0.39 is 0 Å². The second kappa shape index (κ2) is 7.28. The van der Waals surface area contributed by atoms with Crippen molar-refractivity contribution in [1.82, 2.24) is 15.0 Å². The van der Waals surface area contributed by atoms with Crippen LogP contribution in [-0.2, 0) is 6.42 Å². The molecule has 1 aromatic carbocycles. The minimum Gasteiger partial charge on any atom is -0.361 e. The van der Waals surface area contributed by atoms with Gasteiger partial charge in [0.15, 0.2) is 5.69 Å². The van der Waals surface area contributed by atoms with Crippen LogP contribution in [-0.4, -0.2) is 34.0 Å². The van der Waals surface area contributed by atoms with Gasteiger partial charge in [0.05, 0.1) is 5.52 Å². The Morgan fingerprint density at radius 2 is 2.15 bits per heavy atom. The van der Waals surface area contributed by atoms with Crippen LogP contribution in [0.25, 0.3) is 10.9 Å².